The van der Waals surface area contributed by atoms with Gasteiger partial charge in [-0.05, 0) is 31.6 Å². The van der Waals surface area contributed by atoms with E-state index in [0.29, 0.717) is 12.2 Å². The van der Waals surface area contributed by atoms with E-state index in [1.54, 1.807) is 0 Å². The third-order valence-corrected chi connectivity index (χ3v) is 2.72. The summed E-state index contributed by atoms with van der Waals surface area (Å²) in [5, 5.41) is 0. The molecule has 0 aromatic heterocycles. The van der Waals surface area contributed by atoms with Crippen molar-refractivity contribution < 1.29 is 4.74 Å². The summed E-state index contributed by atoms with van der Waals surface area (Å²) in [5.41, 5.74) is 0. The van der Waals surface area contributed by atoms with Crippen molar-refractivity contribution >= 4 is 0 Å². The first-order valence-corrected chi connectivity index (χ1v) is 4.02. The zero-order valence-corrected chi connectivity index (χ0v) is 5.97. The lowest BCUT2D eigenvalue weighted by Crippen LogP contribution is -2.24. The van der Waals surface area contributed by atoms with E-state index in [4.69, 9.17) is 4.74 Å². The van der Waals surface area contributed by atoms with Crippen LogP contribution in [0.4, 0.5) is 0 Å². The van der Waals surface area contributed by atoms with Crippen LogP contribution >= 0.6 is 0 Å². The van der Waals surface area contributed by atoms with Gasteiger partial charge >= 0.3 is 0 Å². The van der Waals surface area contributed by atoms with Crippen LogP contribution in [0.3, 0.4) is 0 Å². The van der Waals surface area contributed by atoms with Gasteiger partial charge in [-0.2, -0.15) is 0 Å². The topological polar surface area (TPSA) is 9.23 Å². The summed E-state index contributed by atoms with van der Waals surface area (Å²) in [6, 6.07) is 0. The SMILES string of the molecule is CC1CCC2CCC1O2. The molecule has 2 heterocycles. The molecule has 2 rings (SSSR count). The predicted octanol–water partition coefficient (Wildman–Crippen LogP) is 1.96. The van der Waals surface area contributed by atoms with Crippen LogP contribution in [0, 0.1) is 5.92 Å². The summed E-state index contributed by atoms with van der Waals surface area (Å²) in [6.07, 6.45) is 6.64. The second kappa shape index (κ2) is 1.98. The van der Waals surface area contributed by atoms with E-state index in [1.807, 2.05) is 0 Å². The Hall–Kier alpha value is -0.0400. The summed E-state index contributed by atoms with van der Waals surface area (Å²) in [6.45, 7) is 2.31. The molecule has 2 saturated heterocycles. The Labute approximate surface area is 56.4 Å². The van der Waals surface area contributed by atoms with Crippen molar-refractivity contribution in [3.05, 3.63) is 0 Å². The summed E-state index contributed by atoms with van der Waals surface area (Å²) in [5.74, 6) is 0.837. The van der Waals surface area contributed by atoms with Crippen molar-refractivity contribution in [3.8, 4) is 0 Å². The molecular weight excluding hydrogens is 112 g/mol. The Morgan fingerprint density at radius 2 is 1.89 bits per heavy atom. The highest BCUT2D eigenvalue weighted by Crippen LogP contribution is 2.35. The van der Waals surface area contributed by atoms with Gasteiger partial charge in [-0.15, -0.1) is 0 Å². The average Bonchev–Trinajstić information content (AvgIpc) is 2.25. The van der Waals surface area contributed by atoms with Crippen molar-refractivity contribution in [2.75, 3.05) is 0 Å². The second-order valence-corrected chi connectivity index (χ2v) is 3.43. The van der Waals surface area contributed by atoms with E-state index < -0.39 is 0 Å². The van der Waals surface area contributed by atoms with E-state index in [1.165, 1.54) is 25.7 Å². The van der Waals surface area contributed by atoms with Crippen molar-refractivity contribution in [1.29, 1.82) is 0 Å². The van der Waals surface area contributed by atoms with E-state index in [2.05, 4.69) is 6.92 Å². The van der Waals surface area contributed by atoms with Gasteiger partial charge in [0.1, 0.15) is 0 Å². The Morgan fingerprint density at radius 3 is 2.67 bits per heavy atom. The van der Waals surface area contributed by atoms with Gasteiger partial charge in [-0.1, -0.05) is 6.92 Å². The molecule has 0 N–H and O–H groups in total. The minimum absolute atomic E-state index is 0.628. The number of hydrogen-bond acceptors (Lipinski definition) is 1. The normalized spacial score (nSPS) is 49.7. The lowest BCUT2D eigenvalue weighted by Gasteiger charge is -2.25. The van der Waals surface area contributed by atoms with Gasteiger partial charge in [-0.3, -0.25) is 0 Å². The highest BCUT2D eigenvalue weighted by molar-refractivity contribution is 4.83. The first-order valence-electron chi connectivity index (χ1n) is 4.02. The van der Waals surface area contributed by atoms with Gasteiger partial charge in [-0.25, -0.2) is 0 Å². The van der Waals surface area contributed by atoms with E-state index in [-0.39, 0.29) is 0 Å². The molecular formula is C8H14O. The van der Waals surface area contributed by atoms with Gasteiger partial charge in [0.05, 0.1) is 12.2 Å². The molecule has 0 aromatic carbocycles. The van der Waals surface area contributed by atoms with Crippen LogP contribution in [-0.2, 0) is 4.74 Å². The molecule has 0 spiro atoms. The van der Waals surface area contributed by atoms with Crippen LogP contribution in [0.2, 0.25) is 0 Å². The maximum Gasteiger partial charge on any atom is 0.0605 e. The van der Waals surface area contributed by atoms with Gasteiger partial charge in [0, 0.05) is 0 Å². The molecule has 2 aliphatic heterocycles. The Morgan fingerprint density at radius 1 is 1.11 bits per heavy atom. The van der Waals surface area contributed by atoms with Gasteiger partial charge in [0.15, 0.2) is 0 Å². The fourth-order valence-corrected chi connectivity index (χ4v) is 2.00. The largest absolute Gasteiger partial charge is 0.375 e. The van der Waals surface area contributed by atoms with Crippen LogP contribution < -0.4 is 0 Å². The summed E-state index contributed by atoms with van der Waals surface area (Å²) in [7, 11) is 0. The predicted molar refractivity (Wildman–Crippen MR) is 36.3 cm³/mol. The first-order chi connectivity index (χ1) is 4.36. The number of hydrogen-bond donors (Lipinski definition) is 0. The van der Waals surface area contributed by atoms with E-state index in [0.717, 1.165) is 5.92 Å². The highest BCUT2D eigenvalue weighted by atomic mass is 16.5. The van der Waals surface area contributed by atoms with Crippen LogP contribution in [-0.4, -0.2) is 12.2 Å². The monoisotopic (exact) mass is 126 g/mol. The second-order valence-electron chi connectivity index (χ2n) is 3.43. The molecule has 2 aliphatic rings. The molecule has 0 amide bonds. The minimum atomic E-state index is 0.628. The Bertz CT molecular complexity index is 111. The number of fused-ring (bicyclic) bond motifs is 2. The minimum Gasteiger partial charge on any atom is -0.375 e. The van der Waals surface area contributed by atoms with Crippen LogP contribution in [0.25, 0.3) is 0 Å². The molecule has 52 valence electrons. The third-order valence-electron chi connectivity index (χ3n) is 2.72. The first kappa shape index (κ1) is 5.72. The maximum absolute atomic E-state index is 5.71. The van der Waals surface area contributed by atoms with Crippen molar-refractivity contribution in [1.82, 2.24) is 0 Å². The lowest BCUT2D eigenvalue weighted by atomic mass is 9.98. The Balaban J connectivity index is 2.05. The molecule has 0 aliphatic carbocycles. The molecule has 1 heteroatoms. The van der Waals surface area contributed by atoms with Crippen molar-refractivity contribution in [2.24, 2.45) is 5.92 Å². The summed E-state index contributed by atoms with van der Waals surface area (Å²) < 4.78 is 5.71. The zero-order chi connectivity index (χ0) is 6.27. The van der Waals surface area contributed by atoms with Crippen molar-refractivity contribution in [3.63, 3.8) is 0 Å². The van der Waals surface area contributed by atoms with Gasteiger partial charge in [0.2, 0.25) is 0 Å². The summed E-state index contributed by atoms with van der Waals surface area (Å²) >= 11 is 0. The van der Waals surface area contributed by atoms with Crippen LogP contribution in [0.15, 0.2) is 0 Å². The zero-order valence-electron chi connectivity index (χ0n) is 5.97. The molecule has 0 radical (unpaired) electrons. The smallest absolute Gasteiger partial charge is 0.0605 e. The van der Waals surface area contributed by atoms with E-state index >= 15 is 0 Å². The quantitative estimate of drug-likeness (QED) is 0.482. The number of ether oxygens (including phenoxy) is 1. The molecule has 0 saturated carbocycles. The fourth-order valence-electron chi connectivity index (χ4n) is 2.00. The molecule has 9 heavy (non-hydrogen) atoms. The molecule has 2 fully saturated rings. The van der Waals surface area contributed by atoms with Gasteiger partial charge in [0.25, 0.3) is 0 Å². The summed E-state index contributed by atoms with van der Waals surface area (Å²) in [4.78, 5) is 0. The molecule has 3 unspecified atom stereocenters. The Kier molecular flexibility index (Phi) is 1.26. The number of rotatable bonds is 0. The van der Waals surface area contributed by atoms with Crippen LogP contribution in [0.1, 0.15) is 32.6 Å². The fraction of sp³-hybridized carbons (Fsp3) is 1.00. The lowest BCUT2D eigenvalue weighted by molar-refractivity contribution is -0.0262. The van der Waals surface area contributed by atoms with E-state index in [9.17, 15) is 0 Å². The highest BCUT2D eigenvalue weighted by Gasteiger charge is 2.33. The third kappa shape index (κ3) is 0.877. The van der Waals surface area contributed by atoms with Crippen molar-refractivity contribution in [2.45, 2.75) is 44.8 Å². The van der Waals surface area contributed by atoms with Gasteiger partial charge < -0.3 is 4.74 Å². The van der Waals surface area contributed by atoms with Crippen LogP contribution in [0.5, 0.6) is 0 Å². The molecule has 1 nitrogen and oxygen atoms in total. The maximum atomic E-state index is 5.71. The molecule has 3 atom stereocenters. The average molecular weight is 126 g/mol. The molecule has 0 aromatic rings. The standard InChI is InChI=1S/C8H14O/c1-6-2-3-7-4-5-8(6)9-7/h6-8H,2-5H2,1H3. The molecule has 2 bridgehead atoms.